The highest BCUT2D eigenvalue weighted by Crippen LogP contribution is 2.25. The van der Waals surface area contributed by atoms with Gasteiger partial charge in [0, 0.05) is 45.5 Å². The first kappa shape index (κ1) is 22.2. The molecule has 9 heteroatoms. The number of hydrogen-bond acceptors (Lipinski definition) is 5. The predicted molar refractivity (Wildman–Crippen MR) is 102 cm³/mol. The van der Waals surface area contributed by atoms with Crippen LogP contribution in [-0.2, 0) is 16.0 Å². The summed E-state index contributed by atoms with van der Waals surface area (Å²) in [5.41, 5.74) is 0.547. The molecule has 1 heterocycles. The van der Waals surface area contributed by atoms with E-state index in [-0.39, 0.29) is 18.4 Å². The van der Waals surface area contributed by atoms with Crippen molar-refractivity contribution in [3.05, 3.63) is 23.8 Å². The maximum atomic E-state index is 12.6. The van der Waals surface area contributed by atoms with Crippen molar-refractivity contribution in [2.75, 3.05) is 40.5 Å². The lowest BCUT2D eigenvalue weighted by Crippen LogP contribution is -2.37. The topological polar surface area (TPSA) is 73.3 Å². The number of ether oxygens (including phenoxy) is 4. The Morgan fingerprint density at radius 3 is 2.75 bits per heavy atom. The van der Waals surface area contributed by atoms with Crippen LogP contribution in [0, 0.1) is 0 Å². The number of aliphatic imine (C=N–C) groups is 1. The average molecular weight is 401 g/mol. The normalized spacial score (nSPS) is 15.5. The quantitative estimate of drug-likeness (QED) is 0.357. The number of rotatable bonds is 10. The fourth-order valence-electron chi connectivity index (χ4n) is 2.80. The Morgan fingerprint density at radius 2 is 2.07 bits per heavy atom. The molecule has 1 aromatic carbocycles. The van der Waals surface area contributed by atoms with E-state index in [1.54, 1.807) is 19.2 Å². The molecule has 0 radical (unpaired) electrons. The van der Waals surface area contributed by atoms with E-state index in [4.69, 9.17) is 14.2 Å². The molecule has 28 heavy (non-hydrogen) atoms. The lowest BCUT2D eigenvalue weighted by atomic mass is 10.1. The van der Waals surface area contributed by atoms with Crippen LogP contribution in [0.15, 0.2) is 23.2 Å². The monoisotopic (exact) mass is 401 g/mol. The maximum absolute atomic E-state index is 12.6. The third kappa shape index (κ3) is 7.85. The number of nitrogens with one attached hydrogen (secondary N) is 2. The largest absolute Gasteiger partial charge is 0.497 e. The summed E-state index contributed by atoms with van der Waals surface area (Å²) in [4.78, 5) is 4.14. The summed E-state index contributed by atoms with van der Waals surface area (Å²) in [7, 11) is 3.17. The van der Waals surface area contributed by atoms with Gasteiger partial charge >= 0.3 is 6.61 Å². The minimum atomic E-state index is -2.89. The van der Waals surface area contributed by atoms with Crippen LogP contribution in [0.5, 0.6) is 11.5 Å². The lowest BCUT2D eigenvalue weighted by molar-refractivity contribution is -0.0505. The van der Waals surface area contributed by atoms with Gasteiger partial charge in [-0.25, -0.2) is 0 Å². The molecule has 0 bridgehead atoms. The van der Waals surface area contributed by atoms with Crippen LogP contribution >= 0.6 is 0 Å². The van der Waals surface area contributed by atoms with Crippen molar-refractivity contribution < 1.29 is 27.7 Å². The van der Waals surface area contributed by atoms with Gasteiger partial charge in [-0.1, -0.05) is 0 Å². The molecule has 2 rings (SSSR count). The standard InChI is InChI=1S/C19H29F2N3O4/c1-22-19(23-8-3-9-27-15-6-10-26-11-7-15)24-13-14-12-16(25-2)4-5-17(14)28-18(20)21/h4-5,12,15,18H,3,6-11,13H2,1-2H3,(H2,22,23,24). The number of hydrogen-bond donors (Lipinski definition) is 2. The van der Waals surface area contributed by atoms with Crippen LogP contribution in [-0.4, -0.2) is 59.2 Å². The maximum Gasteiger partial charge on any atom is 0.387 e. The second-order valence-corrected chi connectivity index (χ2v) is 6.24. The molecule has 0 aromatic heterocycles. The number of nitrogens with zero attached hydrogens (tertiary/aromatic N) is 1. The molecule has 1 saturated heterocycles. The van der Waals surface area contributed by atoms with Gasteiger partial charge in [0.1, 0.15) is 11.5 Å². The minimum absolute atomic E-state index is 0.101. The second-order valence-electron chi connectivity index (χ2n) is 6.24. The molecular formula is C19H29F2N3O4. The molecule has 0 saturated carbocycles. The van der Waals surface area contributed by atoms with Crippen LogP contribution in [0.25, 0.3) is 0 Å². The number of benzene rings is 1. The SMILES string of the molecule is CN=C(NCCCOC1CCOCC1)NCc1cc(OC)ccc1OC(F)F. The number of halogens is 2. The van der Waals surface area contributed by atoms with E-state index in [0.717, 1.165) is 32.5 Å². The van der Waals surface area contributed by atoms with E-state index in [1.165, 1.54) is 13.2 Å². The van der Waals surface area contributed by atoms with Crippen molar-refractivity contribution in [3.63, 3.8) is 0 Å². The highest BCUT2D eigenvalue weighted by molar-refractivity contribution is 5.79. The van der Waals surface area contributed by atoms with Crippen molar-refractivity contribution >= 4 is 5.96 Å². The average Bonchev–Trinajstić information content (AvgIpc) is 2.71. The first-order valence-electron chi connectivity index (χ1n) is 9.38. The van der Waals surface area contributed by atoms with Gasteiger partial charge in [-0.3, -0.25) is 4.99 Å². The Bertz CT molecular complexity index is 611. The molecule has 1 aliphatic heterocycles. The molecule has 0 aliphatic carbocycles. The highest BCUT2D eigenvalue weighted by Gasteiger charge is 2.14. The minimum Gasteiger partial charge on any atom is -0.497 e. The van der Waals surface area contributed by atoms with Gasteiger partial charge in [0.2, 0.25) is 0 Å². The van der Waals surface area contributed by atoms with Crippen LogP contribution in [0.4, 0.5) is 8.78 Å². The van der Waals surface area contributed by atoms with Crippen molar-refractivity contribution in [1.29, 1.82) is 0 Å². The van der Waals surface area contributed by atoms with Gasteiger partial charge in [-0.15, -0.1) is 0 Å². The van der Waals surface area contributed by atoms with Crippen molar-refractivity contribution in [3.8, 4) is 11.5 Å². The van der Waals surface area contributed by atoms with Gasteiger partial charge in [-0.2, -0.15) is 8.78 Å². The van der Waals surface area contributed by atoms with E-state index in [0.29, 0.717) is 30.4 Å². The molecule has 0 unspecified atom stereocenters. The van der Waals surface area contributed by atoms with Crippen molar-refractivity contribution in [1.82, 2.24) is 10.6 Å². The van der Waals surface area contributed by atoms with E-state index in [2.05, 4.69) is 20.4 Å². The van der Waals surface area contributed by atoms with E-state index < -0.39 is 6.61 Å². The van der Waals surface area contributed by atoms with Crippen molar-refractivity contribution in [2.45, 2.75) is 38.5 Å². The molecule has 2 N–H and O–H groups in total. The smallest absolute Gasteiger partial charge is 0.387 e. The zero-order valence-corrected chi connectivity index (χ0v) is 16.4. The summed E-state index contributed by atoms with van der Waals surface area (Å²) < 4.78 is 46.0. The van der Waals surface area contributed by atoms with E-state index in [9.17, 15) is 8.78 Å². The third-order valence-electron chi connectivity index (χ3n) is 4.29. The van der Waals surface area contributed by atoms with Gasteiger partial charge < -0.3 is 29.6 Å². The fraction of sp³-hybridized carbons (Fsp3) is 0.632. The van der Waals surface area contributed by atoms with Gasteiger partial charge in [0.05, 0.1) is 13.2 Å². The number of methoxy groups -OCH3 is 1. The summed E-state index contributed by atoms with van der Waals surface area (Å²) in [6.07, 6.45) is 3.00. The van der Waals surface area contributed by atoms with Crippen LogP contribution in [0.2, 0.25) is 0 Å². The summed E-state index contributed by atoms with van der Waals surface area (Å²) in [5, 5.41) is 6.27. The highest BCUT2D eigenvalue weighted by atomic mass is 19.3. The molecule has 158 valence electrons. The molecule has 1 fully saturated rings. The Balaban J connectivity index is 1.75. The van der Waals surface area contributed by atoms with Crippen LogP contribution < -0.4 is 20.1 Å². The number of guanidine groups is 1. The van der Waals surface area contributed by atoms with E-state index >= 15 is 0 Å². The zero-order chi connectivity index (χ0) is 20.2. The first-order chi connectivity index (χ1) is 13.6. The summed E-state index contributed by atoms with van der Waals surface area (Å²) in [5.74, 6) is 1.23. The van der Waals surface area contributed by atoms with Gasteiger partial charge in [0.25, 0.3) is 0 Å². The van der Waals surface area contributed by atoms with Gasteiger partial charge in [-0.05, 0) is 37.5 Å². The van der Waals surface area contributed by atoms with Gasteiger partial charge in [0.15, 0.2) is 5.96 Å². The predicted octanol–water partition coefficient (Wildman–Crippen LogP) is 2.55. The summed E-state index contributed by atoms with van der Waals surface area (Å²) in [6, 6.07) is 4.69. The molecule has 7 nitrogen and oxygen atoms in total. The first-order valence-corrected chi connectivity index (χ1v) is 9.38. The molecule has 1 aromatic rings. The fourth-order valence-corrected chi connectivity index (χ4v) is 2.80. The zero-order valence-electron chi connectivity index (χ0n) is 16.4. The molecule has 0 spiro atoms. The van der Waals surface area contributed by atoms with Crippen LogP contribution in [0.1, 0.15) is 24.8 Å². The van der Waals surface area contributed by atoms with Crippen LogP contribution in [0.3, 0.4) is 0 Å². The Hall–Kier alpha value is -2.13. The second kappa shape index (κ2) is 12.4. The molecule has 0 atom stereocenters. The third-order valence-corrected chi connectivity index (χ3v) is 4.29. The Kier molecular flexibility index (Phi) is 9.78. The number of alkyl halides is 2. The summed E-state index contributed by atoms with van der Waals surface area (Å²) in [6.45, 7) is 0.248. The summed E-state index contributed by atoms with van der Waals surface area (Å²) >= 11 is 0. The molecule has 1 aliphatic rings. The Labute approximate surface area is 164 Å². The lowest BCUT2D eigenvalue weighted by Gasteiger charge is -2.22. The van der Waals surface area contributed by atoms with Crippen molar-refractivity contribution in [2.24, 2.45) is 4.99 Å². The molecular weight excluding hydrogens is 372 g/mol. The Morgan fingerprint density at radius 1 is 1.29 bits per heavy atom. The van der Waals surface area contributed by atoms with E-state index in [1.807, 2.05) is 0 Å². The molecule has 0 amide bonds.